The summed E-state index contributed by atoms with van der Waals surface area (Å²) in [5.41, 5.74) is 1.62. The maximum absolute atomic E-state index is 12.7. The minimum Gasteiger partial charge on any atom is -0.444 e. The molecule has 29 heavy (non-hydrogen) atoms. The Morgan fingerprint density at radius 3 is 2.31 bits per heavy atom. The van der Waals surface area contributed by atoms with Gasteiger partial charge in [-0.3, -0.25) is 14.5 Å². The Hall–Kier alpha value is -2.12. The van der Waals surface area contributed by atoms with Gasteiger partial charge in [0.2, 0.25) is 5.91 Å². The molecule has 1 aromatic heterocycles. The van der Waals surface area contributed by atoms with Crippen LogP contribution >= 0.6 is 15.9 Å². The van der Waals surface area contributed by atoms with Crippen LogP contribution in [-0.2, 0) is 11.2 Å². The lowest BCUT2D eigenvalue weighted by Gasteiger charge is -2.38. The van der Waals surface area contributed by atoms with Gasteiger partial charge in [0.15, 0.2) is 10.4 Å². The number of halogens is 1. The SMILES string of the molecule is O=C(Nc1ccc(CC(=O)N2CCN(C3CCCC3)CC2)cc1)c1ccc(Br)o1. The van der Waals surface area contributed by atoms with Crippen molar-refractivity contribution in [3.05, 3.63) is 52.4 Å². The first-order chi connectivity index (χ1) is 14.1. The second kappa shape index (κ2) is 9.13. The molecule has 7 heteroatoms. The van der Waals surface area contributed by atoms with E-state index in [2.05, 4.69) is 26.1 Å². The third-order valence-corrected chi connectivity index (χ3v) is 6.30. The summed E-state index contributed by atoms with van der Waals surface area (Å²) in [6.45, 7) is 3.62. The van der Waals surface area contributed by atoms with Crippen LogP contribution in [0.5, 0.6) is 0 Å². The molecule has 1 saturated heterocycles. The van der Waals surface area contributed by atoms with Crippen molar-refractivity contribution >= 4 is 33.4 Å². The Bertz CT molecular complexity index is 850. The molecule has 0 unspecified atom stereocenters. The Morgan fingerprint density at radius 1 is 1.00 bits per heavy atom. The van der Waals surface area contributed by atoms with E-state index < -0.39 is 0 Å². The lowest BCUT2D eigenvalue weighted by molar-refractivity contribution is -0.132. The maximum Gasteiger partial charge on any atom is 0.291 e. The van der Waals surface area contributed by atoms with Gasteiger partial charge in [0, 0.05) is 37.9 Å². The molecule has 154 valence electrons. The summed E-state index contributed by atoms with van der Waals surface area (Å²) in [4.78, 5) is 29.3. The van der Waals surface area contributed by atoms with E-state index >= 15 is 0 Å². The molecule has 2 amide bonds. The zero-order chi connectivity index (χ0) is 20.2. The molecule has 2 fully saturated rings. The highest BCUT2D eigenvalue weighted by Crippen LogP contribution is 2.24. The fourth-order valence-electron chi connectivity index (χ4n) is 4.23. The number of hydrogen-bond acceptors (Lipinski definition) is 4. The van der Waals surface area contributed by atoms with Crippen LogP contribution in [-0.4, -0.2) is 53.8 Å². The molecular formula is C22H26BrN3O3. The van der Waals surface area contributed by atoms with Gasteiger partial charge in [-0.2, -0.15) is 0 Å². The van der Waals surface area contributed by atoms with Crippen LogP contribution in [0, 0.1) is 0 Å². The quantitative estimate of drug-likeness (QED) is 0.735. The summed E-state index contributed by atoms with van der Waals surface area (Å²) >= 11 is 3.19. The molecule has 1 saturated carbocycles. The lowest BCUT2D eigenvalue weighted by atomic mass is 10.1. The zero-order valence-electron chi connectivity index (χ0n) is 16.4. The molecule has 6 nitrogen and oxygen atoms in total. The largest absolute Gasteiger partial charge is 0.444 e. The number of rotatable bonds is 5. The van der Waals surface area contributed by atoms with Crippen molar-refractivity contribution in [3.63, 3.8) is 0 Å². The average Bonchev–Trinajstić information content (AvgIpc) is 3.41. The fourth-order valence-corrected chi connectivity index (χ4v) is 4.53. The Balaban J connectivity index is 1.26. The highest BCUT2D eigenvalue weighted by atomic mass is 79.9. The molecule has 1 aliphatic carbocycles. The predicted molar refractivity (Wildman–Crippen MR) is 115 cm³/mol. The number of benzene rings is 1. The summed E-state index contributed by atoms with van der Waals surface area (Å²) in [6.07, 6.45) is 5.71. The van der Waals surface area contributed by atoms with E-state index in [4.69, 9.17) is 4.42 Å². The third kappa shape index (κ3) is 5.08. The number of amides is 2. The van der Waals surface area contributed by atoms with Crippen molar-refractivity contribution in [2.45, 2.75) is 38.1 Å². The topological polar surface area (TPSA) is 65.8 Å². The minimum absolute atomic E-state index is 0.174. The van der Waals surface area contributed by atoms with E-state index in [1.54, 1.807) is 12.1 Å². The number of piperazine rings is 1. The van der Waals surface area contributed by atoms with Crippen LogP contribution in [0.1, 0.15) is 41.8 Å². The van der Waals surface area contributed by atoms with Gasteiger partial charge in [-0.15, -0.1) is 0 Å². The number of furan rings is 1. The number of anilines is 1. The minimum atomic E-state index is -0.306. The van der Waals surface area contributed by atoms with E-state index in [0.29, 0.717) is 16.8 Å². The molecule has 0 bridgehead atoms. The first-order valence-electron chi connectivity index (χ1n) is 10.3. The van der Waals surface area contributed by atoms with Crippen molar-refractivity contribution < 1.29 is 14.0 Å². The van der Waals surface area contributed by atoms with Gasteiger partial charge >= 0.3 is 0 Å². The standard InChI is InChI=1S/C22H26BrN3O3/c23-20-10-9-19(29-20)22(28)24-17-7-5-16(6-8-17)15-21(27)26-13-11-25(12-14-26)18-3-1-2-4-18/h5-10,18H,1-4,11-15H2,(H,24,28). The Labute approximate surface area is 179 Å². The molecule has 1 aliphatic heterocycles. The van der Waals surface area contributed by atoms with Crippen LogP contribution in [0.15, 0.2) is 45.5 Å². The van der Waals surface area contributed by atoms with E-state index in [0.717, 1.165) is 37.8 Å². The molecule has 1 aromatic carbocycles. The second-order valence-electron chi connectivity index (χ2n) is 7.79. The molecule has 0 atom stereocenters. The molecule has 1 N–H and O–H groups in total. The van der Waals surface area contributed by atoms with Crippen molar-refractivity contribution in [1.29, 1.82) is 0 Å². The van der Waals surface area contributed by atoms with Gasteiger partial charge in [-0.25, -0.2) is 0 Å². The van der Waals surface area contributed by atoms with Crippen molar-refractivity contribution in [2.75, 3.05) is 31.5 Å². The lowest BCUT2D eigenvalue weighted by Crippen LogP contribution is -2.51. The van der Waals surface area contributed by atoms with Gasteiger partial charge in [0.25, 0.3) is 5.91 Å². The Kier molecular flexibility index (Phi) is 6.35. The summed E-state index contributed by atoms with van der Waals surface area (Å²) in [5.74, 6) is 0.112. The van der Waals surface area contributed by atoms with Gasteiger partial charge in [-0.1, -0.05) is 25.0 Å². The summed E-state index contributed by atoms with van der Waals surface area (Å²) in [5, 5.41) is 2.79. The third-order valence-electron chi connectivity index (χ3n) is 5.87. The Morgan fingerprint density at radius 2 is 1.69 bits per heavy atom. The number of carbonyl (C=O) groups is 2. The molecule has 2 heterocycles. The van der Waals surface area contributed by atoms with Crippen LogP contribution in [0.4, 0.5) is 5.69 Å². The summed E-state index contributed by atoms with van der Waals surface area (Å²) in [6, 6.07) is 11.4. The monoisotopic (exact) mass is 459 g/mol. The average molecular weight is 460 g/mol. The predicted octanol–water partition coefficient (Wildman–Crippen LogP) is 3.92. The fraction of sp³-hybridized carbons (Fsp3) is 0.455. The van der Waals surface area contributed by atoms with E-state index in [-0.39, 0.29) is 17.6 Å². The van der Waals surface area contributed by atoms with E-state index in [1.165, 1.54) is 25.7 Å². The molecular weight excluding hydrogens is 434 g/mol. The van der Waals surface area contributed by atoms with Crippen LogP contribution in [0.2, 0.25) is 0 Å². The van der Waals surface area contributed by atoms with E-state index in [9.17, 15) is 9.59 Å². The second-order valence-corrected chi connectivity index (χ2v) is 8.57. The zero-order valence-corrected chi connectivity index (χ0v) is 18.0. The van der Waals surface area contributed by atoms with Crippen LogP contribution in [0.3, 0.4) is 0 Å². The summed E-state index contributed by atoms with van der Waals surface area (Å²) < 4.78 is 5.77. The van der Waals surface area contributed by atoms with E-state index in [1.807, 2.05) is 29.2 Å². The maximum atomic E-state index is 12.7. The molecule has 2 aliphatic rings. The number of nitrogens with zero attached hydrogens (tertiary/aromatic N) is 2. The van der Waals surface area contributed by atoms with Crippen LogP contribution < -0.4 is 5.32 Å². The van der Waals surface area contributed by atoms with Crippen LogP contribution in [0.25, 0.3) is 0 Å². The number of hydrogen-bond donors (Lipinski definition) is 1. The van der Waals surface area contributed by atoms with Gasteiger partial charge in [-0.05, 0) is 58.6 Å². The first kappa shape index (κ1) is 20.2. The van der Waals surface area contributed by atoms with Crippen molar-refractivity contribution in [2.24, 2.45) is 0 Å². The highest BCUT2D eigenvalue weighted by molar-refractivity contribution is 9.10. The first-order valence-corrected chi connectivity index (χ1v) is 11.1. The van der Waals surface area contributed by atoms with Crippen molar-refractivity contribution in [3.8, 4) is 0 Å². The van der Waals surface area contributed by atoms with Gasteiger partial charge in [0.1, 0.15) is 0 Å². The van der Waals surface area contributed by atoms with Gasteiger partial charge in [0.05, 0.1) is 6.42 Å². The molecule has 4 rings (SSSR count). The smallest absolute Gasteiger partial charge is 0.291 e. The van der Waals surface area contributed by atoms with Crippen molar-refractivity contribution in [1.82, 2.24) is 9.80 Å². The normalized spacial score (nSPS) is 18.2. The van der Waals surface area contributed by atoms with Gasteiger partial charge < -0.3 is 14.6 Å². The molecule has 0 spiro atoms. The summed E-state index contributed by atoms with van der Waals surface area (Å²) in [7, 11) is 0. The number of nitrogens with one attached hydrogen (secondary N) is 1. The number of carbonyl (C=O) groups excluding carboxylic acids is 2. The molecule has 2 aromatic rings. The molecule has 0 radical (unpaired) electrons. The highest BCUT2D eigenvalue weighted by Gasteiger charge is 2.27.